The topological polar surface area (TPSA) is 89.7 Å². The van der Waals surface area contributed by atoms with Gasteiger partial charge in [0.15, 0.2) is 0 Å². The molecule has 1 N–H and O–H groups in total. The largest absolute Gasteiger partial charge is 0.505 e. The van der Waals surface area contributed by atoms with Gasteiger partial charge in [0.05, 0.1) is 5.57 Å². The Labute approximate surface area is 234 Å². The molecule has 8 heteroatoms. The number of nitrogens with zero attached hydrogens (tertiary/aromatic N) is 4. The van der Waals surface area contributed by atoms with E-state index in [2.05, 4.69) is 46.8 Å². The Morgan fingerprint density at radius 3 is 2.55 bits per heavy atom. The molecule has 1 saturated heterocycles. The van der Waals surface area contributed by atoms with Gasteiger partial charge in [0.25, 0.3) is 0 Å². The molecule has 1 unspecified atom stereocenters. The fraction of sp³-hybridized carbons (Fsp3) is 0.344. The summed E-state index contributed by atoms with van der Waals surface area (Å²) >= 11 is 0. The lowest BCUT2D eigenvalue weighted by atomic mass is 9.97. The number of aromatic hydroxyl groups is 1. The monoisotopic (exact) mass is 540 g/mol. The van der Waals surface area contributed by atoms with Gasteiger partial charge in [0, 0.05) is 32.0 Å². The summed E-state index contributed by atoms with van der Waals surface area (Å²) in [5.74, 6) is -0.829. The van der Waals surface area contributed by atoms with Gasteiger partial charge in [-0.25, -0.2) is 4.79 Å². The average Bonchev–Trinajstić information content (AvgIpc) is 3.34. The van der Waals surface area contributed by atoms with Crippen LogP contribution in [0.4, 0.5) is 0 Å². The van der Waals surface area contributed by atoms with Crippen LogP contribution in [-0.4, -0.2) is 49.3 Å². The average molecular weight is 541 g/mol. The van der Waals surface area contributed by atoms with E-state index in [4.69, 9.17) is 9.47 Å². The van der Waals surface area contributed by atoms with Crippen LogP contribution in [0.25, 0.3) is 16.7 Å². The molecule has 5 rings (SSSR count). The Kier molecular flexibility index (Phi) is 7.63. The predicted octanol–water partition coefficient (Wildman–Crippen LogP) is 6.04. The number of phenolic OH excluding ortho intramolecular Hbond substituents is 1. The minimum atomic E-state index is -0.984. The molecule has 1 aliphatic carbocycles. The Morgan fingerprint density at radius 2 is 1.93 bits per heavy atom. The van der Waals surface area contributed by atoms with E-state index in [0.29, 0.717) is 30.0 Å². The summed E-state index contributed by atoms with van der Waals surface area (Å²) in [6.07, 6.45) is 10.8. The first-order chi connectivity index (χ1) is 19.1. The van der Waals surface area contributed by atoms with Crippen molar-refractivity contribution in [2.45, 2.75) is 65.3 Å². The number of carbonyl (C=O) groups excluding carboxylic acids is 1. The van der Waals surface area contributed by atoms with E-state index in [0.717, 1.165) is 41.5 Å². The van der Waals surface area contributed by atoms with Crippen LogP contribution in [0.5, 0.6) is 5.75 Å². The number of esters is 1. The molecule has 2 heterocycles. The van der Waals surface area contributed by atoms with Crippen LogP contribution in [0.15, 0.2) is 84.2 Å². The molecule has 1 aliphatic heterocycles. The number of allylic oxidation sites excluding steroid dienone is 3. The van der Waals surface area contributed by atoms with E-state index >= 15 is 0 Å². The summed E-state index contributed by atoms with van der Waals surface area (Å²) in [5.41, 5.74) is 5.64. The Morgan fingerprint density at radius 1 is 1.20 bits per heavy atom. The lowest BCUT2D eigenvalue weighted by Crippen LogP contribution is -2.37. The van der Waals surface area contributed by atoms with E-state index in [-0.39, 0.29) is 11.8 Å². The molecule has 0 amide bonds. The third-order valence-electron chi connectivity index (χ3n) is 7.23. The van der Waals surface area contributed by atoms with E-state index in [1.165, 1.54) is 10.4 Å². The van der Waals surface area contributed by atoms with Crippen molar-refractivity contribution in [3.05, 3.63) is 95.3 Å². The zero-order valence-electron chi connectivity index (χ0n) is 23.6. The van der Waals surface area contributed by atoms with Crippen molar-refractivity contribution >= 4 is 17.0 Å². The number of aromatic nitrogens is 3. The van der Waals surface area contributed by atoms with Crippen molar-refractivity contribution in [2.75, 3.05) is 6.54 Å². The number of fused-ring (bicyclic) bond motifs is 1. The van der Waals surface area contributed by atoms with Crippen molar-refractivity contribution in [3.8, 4) is 11.4 Å². The van der Waals surface area contributed by atoms with Gasteiger partial charge in [0.1, 0.15) is 28.2 Å². The van der Waals surface area contributed by atoms with Crippen LogP contribution < -0.4 is 0 Å². The Bertz CT molecular complexity index is 1490. The number of phenols is 1. The maximum absolute atomic E-state index is 12.3. The second-order valence-corrected chi connectivity index (χ2v) is 10.7. The highest BCUT2D eigenvalue weighted by Crippen LogP contribution is 2.32. The molecule has 8 nitrogen and oxygen atoms in total. The molecule has 208 valence electrons. The fourth-order valence-corrected chi connectivity index (χ4v) is 5.21. The molecule has 1 fully saturated rings. The number of hydrogen-bond donors (Lipinski definition) is 1. The normalized spacial score (nSPS) is 19.7. The zero-order valence-corrected chi connectivity index (χ0v) is 23.6. The van der Waals surface area contributed by atoms with E-state index in [1.807, 2.05) is 49.4 Å². The number of aryl methyl sites for hydroxylation is 1. The standard InChI is InChI=1S/C32H36N4O4/c1-6-35(20-24-18-21(2)19-29(30(24)37)36-33-27-12-7-8-13-28(27)34-36)25-16-14-23(15-17-25)10-9-11-26-22(3)39-32(4,5)40-31(26)38/h7-8,11-16,18-19,25,37H,3,6,9-10,17,20H2,1-2,4-5H3/b26-11+. The van der Waals surface area contributed by atoms with Crippen LogP contribution in [0.2, 0.25) is 0 Å². The SMILES string of the molecule is C=C1OC(C)(C)OC(=O)/C1=C/CCC1=CCC(N(CC)Cc2cc(C)cc(-n3nc4ccccc4n3)c2O)C=C1. The highest BCUT2D eigenvalue weighted by Gasteiger charge is 2.35. The summed E-state index contributed by atoms with van der Waals surface area (Å²) < 4.78 is 10.9. The molecule has 1 atom stereocenters. The first kappa shape index (κ1) is 27.4. The molecule has 40 heavy (non-hydrogen) atoms. The smallest absolute Gasteiger partial charge is 0.344 e. The molecule has 0 bridgehead atoms. The highest BCUT2D eigenvalue weighted by molar-refractivity contribution is 5.93. The summed E-state index contributed by atoms with van der Waals surface area (Å²) in [6, 6.07) is 11.8. The lowest BCUT2D eigenvalue weighted by molar-refractivity contribution is -0.208. The van der Waals surface area contributed by atoms with Gasteiger partial charge in [-0.15, -0.1) is 15.0 Å². The van der Waals surface area contributed by atoms with Crippen molar-refractivity contribution in [2.24, 2.45) is 0 Å². The third-order valence-corrected chi connectivity index (χ3v) is 7.23. The number of hydrogen-bond acceptors (Lipinski definition) is 7. The first-order valence-corrected chi connectivity index (χ1v) is 13.7. The molecule has 0 spiro atoms. The van der Waals surface area contributed by atoms with E-state index in [1.54, 1.807) is 13.8 Å². The van der Waals surface area contributed by atoms with Crippen LogP contribution in [0.1, 0.15) is 51.2 Å². The Hall–Kier alpha value is -4.17. The van der Waals surface area contributed by atoms with Crippen molar-refractivity contribution in [1.29, 1.82) is 0 Å². The quantitative estimate of drug-likeness (QED) is 0.275. The van der Waals surface area contributed by atoms with E-state index < -0.39 is 11.8 Å². The molecule has 3 aromatic rings. The highest BCUT2D eigenvalue weighted by atomic mass is 16.7. The van der Waals surface area contributed by atoms with E-state index in [9.17, 15) is 9.90 Å². The summed E-state index contributed by atoms with van der Waals surface area (Å²) in [7, 11) is 0. The van der Waals surface area contributed by atoms with Gasteiger partial charge >= 0.3 is 5.97 Å². The number of benzene rings is 2. The molecule has 2 aromatic carbocycles. The minimum Gasteiger partial charge on any atom is -0.505 e. The second kappa shape index (κ2) is 11.1. The van der Waals surface area contributed by atoms with Gasteiger partial charge < -0.3 is 14.6 Å². The molecule has 0 saturated carbocycles. The third kappa shape index (κ3) is 5.87. The lowest BCUT2D eigenvalue weighted by Gasteiger charge is -2.32. The number of carbonyl (C=O) groups is 1. The number of likely N-dealkylation sites (N-methyl/N-ethyl adjacent to an activating group) is 1. The summed E-state index contributed by atoms with van der Waals surface area (Å²) in [6.45, 7) is 12.8. The molecule has 0 radical (unpaired) electrons. The number of cyclic esters (lactones) is 1. The van der Waals surface area contributed by atoms with Gasteiger partial charge in [-0.1, -0.05) is 61.6 Å². The molecule has 2 aliphatic rings. The second-order valence-electron chi connectivity index (χ2n) is 10.7. The van der Waals surface area contributed by atoms with Gasteiger partial charge in [-0.2, -0.15) is 0 Å². The zero-order chi connectivity index (χ0) is 28.4. The van der Waals surface area contributed by atoms with Gasteiger partial charge in [0.2, 0.25) is 5.79 Å². The summed E-state index contributed by atoms with van der Waals surface area (Å²) in [4.78, 5) is 16.2. The van der Waals surface area contributed by atoms with Crippen LogP contribution in [0.3, 0.4) is 0 Å². The van der Waals surface area contributed by atoms with Crippen LogP contribution in [-0.2, 0) is 20.8 Å². The van der Waals surface area contributed by atoms with Gasteiger partial charge in [-0.3, -0.25) is 4.90 Å². The van der Waals surface area contributed by atoms with Crippen LogP contribution >= 0.6 is 0 Å². The summed E-state index contributed by atoms with van der Waals surface area (Å²) in [5, 5.41) is 20.4. The van der Waals surface area contributed by atoms with Crippen molar-refractivity contribution < 1.29 is 19.4 Å². The maximum atomic E-state index is 12.3. The molecular formula is C32H36N4O4. The number of rotatable bonds is 8. The van der Waals surface area contributed by atoms with Crippen molar-refractivity contribution in [3.63, 3.8) is 0 Å². The maximum Gasteiger partial charge on any atom is 0.344 e. The Balaban J connectivity index is 1.24. The molecule has 1 aromatic heterocycles. The molecular weight excluding hydrogens is 504 g/mol. The van der Waals surface area contributed by atoms with Gasteiger partial charge in [-0.05, 0) is 56.5 Å². The fourth-order valence-electron chi connectivity index (χ4n) is 5.21. The number of ether oxygens (including phenoxy) is 2. The minimum absolute atomic E-state index is 0.198. The van der Waals surface area contributed by atoms with Crippen LogP contribution in [0, 0.1) is 6.92 Å². The first-order valence-electron chi connectivity index (χ1n) is 13.7. The predicted molar refractivity (Wildman–Crippen MR) is 155 cm³/mol. The van der Waals surface area contributed by atoms with Crippen molar-refractivity contribution in [1.82, 2.24) is 19.9 Å².